The molecule has 0 aromatic heterocycles. The van der Waals surface area contributed by atoms with Crippen LogP contribution in [0.5, 0.6) is 0 Å². The number of hydrogen-bond acceptors (Lipinski definition) is 4. The van der Waals surface area contributed by atoms with Crippen molar-refractivity contribution >= 4 is 11.9 Å². The van der Waals surface area contributed by atoms with Gasteiger partial charge in [0.05, 0.1) is 21.1 Å². The molecule has 0 amide bonds. The van der Waals surface area contributed by atoms with Crippen molar-refractivity contribution in [3.8, 4) is 0 Å². The first-order valence-electron chi connectivity index (χ1n) is 8.83. The fraction of sp³-hybridized carbons (Fsp3) is 0.889. The molecule has 136 valence electrons. The maximum Gasteiger partial charge on any atom is 0.306 e. The molecule has 0 radical (unpaired) electrons. The van der Waals surface area contributed by atoms with Crippen molar-refractivity contribution in [2.24, 2.45) is 5.92 Å². The lowest BCUT2D eigenvalue weighted by Gasteiger charge is -2.29. The normalized spacial score (nSPS) is 14.3. The SMILES string of the molecule is CCCCCCCC(C)CC(=O)OC(CC(=O)[O-])C[N+](C)(C)C. The average Bonchev–Trinajstić information content (AvgIpc) is 2.35. The van der Waals surface area contributed by atoms with Crippen LogP contribution >= 0.6 is 0 Å². The number of unbranched alkanes of at least 4 members (excludes halogenated alkanes) is 4. The van der Waals surface area contributed by atoms with Crippen LogP contribution in [0.1, 0.15) is 65.2 Å². The lowest BCUT2D eigenvalue weighted by molar-refractivity contribution is -0.873. The van der Waals surface area contributed by atoms with E-state index < -0.39 is 12.1 Å². The molecular formula is C18H35NO4. The Morgan fingerprint density at radius 2 is 1.65 bits per heavy atom. The van der Waals surface area contributed by atoms with E-state index in [-0.39, 0.29) is 18.3 Å². The zero-order valence-electron chi connectivity index (χ0n) is 15.6. The third-order valence-corrected chi connectivity index (χ3v) is 3.76. The summed E-state index contributed by atoms with van der Waals surface area (Å²) >= 11 is 0. The smallest absolute Gasteiger partial charge is 0.306 e. The molecule has 2 unspecified atom stereocenters. The largest absolute Gasteiger partial charge is 0.550 e. The monoisotopic (exact) mass is 329 g/mol. The van der Waals surface area contributed by atoms with E-state index in [4.69, 9.17) is 4.74 Å². The number of carboxylic acids is 1. The molecule has 0 aromatic carbocycles. The lowest BCUT2D eigenvalue weighted by Crippen LogP contribution is -2.45. The molecule has 0 fully saturated rings. The molecule has 0 saturated heterocycles. The molecule has 0 bridgehead atoms. The Morgan fingerprint density at radius 3 is 2.17 bits per heavy atom. The minimum atomic E-state index is -1.18. The van der Waals surface area contributed by atoms with Gasteiger partial charge in [0.2, 0.25) is 0 Å². The van der Waals surface area contributed by atoms with E-state index in [9.17, 15) is 14.7 Å². The van der Waals surface area contributed by atoms with E-state index in [0.717, 1.165) is 12.8 Å². The molecule has 5 nitrogen and oxygen atoms in total. The number of carbonyl (C=O) groups is 2. The van der Waals surface area contributed by atoms with Gasteiger partial charge in [0, 0.05) is 18.8 Å². The van der Waals surface area contributed by atoms with Crippen LogP contribution in [0, 0.1) is 5.92 Å². The van der Waals surface area contributed by atoms with Crippen molar-refractivity contribution in [3.63, 3.8) is 0 Å². The Bertz CT molecular complexity index is 349. The molecule has 0 aliphatic rings. The number of likely N-dealkylation sites (N-methyl/N-ethyl adjacent to an activating group) is 1. The first-order chi connectivity index (χ1) is 10.6. The highest BCUT2D eigenvalue weighted by atomic mass is 16.5. The maximum absolute atomic E-state index is 12.0. The molecule has 23 heavy (non-hydrogen) atoms. The quantitative estimate of drug-likeness (QED) is 0.295. The number of rotatable bonds is 13. The molecular weight excluding hydrogens is 294 g/mol. The highest BCUT2D eigenvalue weighted by Crippen LogP contribution is 2.16. The number of nitrogens with zero attached hydrogens (tertiary/aromatic N) is 1. The molecule has 0 N–H and O–H groups in total. The van der Waals surface area contributed by atoms with Crippen molar-refractivity contribution in [1.82, 2.24) is 0 Å². The summed E-state index contributed by atoms with van der Waals surface area (Å²) in [6.07, 6.45) is 6.60. The number of hydrogen-bond donors (Lipinski definition) is 0. The van der Waals surface area contributed by atoms with Crippen LogP contribution in [0.3, 0.4) is 0 Å². The summed E-state index contributed by atoms with van der Waals surface area (Å²) in [6.45, 7) is 4.71. The molecule has 0 aliphatic carbocycles. The second-order valence-electron chi connectivity index (χ2n) is 7.67. The van der Waals surface area contributed by atoms with Crippen molar-refractivity contribution in [3.05, 3.63) is 0 Å². The number of esters is 1. The molecule has 0 aromatic rings. The van der Waals surface area contributed by atoms with Gasteiger partial charge in [-0.05, 0) is 5.92 Å². The minimum Gasteiger partial charge on any atom is -0.550 e. The standard InChI is InChI=1S/C18H35NO4/c1-6-7-8-9-10-11-15(2)12-18(22)23-16(13-17(20)21)14-19(3,4)5/h15-16H,6-14H2,1-5H3. The predicted octanol–water partition coefficient (Wildman–Crippen LogP) is 2.13. The number of ether oxygens (including phenoxy) is 1. The zero-order chi connectivity index (χ0) is 17.9. The van der Waals surface area contributed by atoms with Gasteiger partial charge >= 0.3 is 5.97 Å². The topological polar surface area (TPSA) is 66.4 Å². The summed E-state index contributed by atoms with van der Waals surface area (Å²) in [5, 5.41) is 10.8. The molecule has 0 aliphatic heterocycles. The number of quaternary nitrogens is 1. The van der Waals surface area contributed by atoms with E-state index in [1.165, 1.54) is 25.7 Å². The summed E-state index contributed by atoms with van der Waals surface area (Å²) < 4.78 is 5.92. The summed E-state index contributed by atoms with van der Waals surface area (Å²) in [5.74, 6) is -1.21. The summed E-state index contributed by atoms with van der Waals surface area (Å²) in [6, 6.07) is 0. The van der Waals surface area contributed by atoms with Gasteiger partial charge < -0.3 is 19.1 Å². The molecule has 0 heterocycles. The third kappa shape index (κ3) is 14.2. The van der Waals surface area contributed by atoms with Gasteiger partial charge in [-0.3, -0.25) is 4.79 Å². The summed E-state index contributed by atoms with van der Waals surface area (Å²) in [4.78, 5) is 22.8. The van der Waals surface area contributed by atoms with Gasteiger partial charge in [0.1, 0.15) is 6.54 Å². The van der Waals surface area contributed by atoms with E-state index in [0.29, 0.717) is 17.4 Å². The zero-order valence-corrected chi connectivity index (χ0v) is 15.6. The van der Waals surface area contributed by atoms with Crippen LogP contribution in [0.2, 0.25) is 0 Å². The van der Waals surface area contributed by atoms with Gasteiger partial charge in [-0.2, -0.15) is 0 Å². The van der Waals surface area contributed by atoms with Crippen LogP contribution in [0.4, 0.5) is 0 Å². The molecule has 5 heteroatoms. The second kappa shape index (κ2) is 11.4. The lowest BCUT2D eigenvalue weighted by atomic mass is 9.99. The predicted molar refractivity (Wildman–Crippen MR) is 89.6 cm³/mol. The Kier molecular flexibility index (Phi) is 10.9. The van der Waals surface area contributed by atoms with Crippen molar-refractivity contribution < 1.29 is 23.9 Å². The Hall–Kier alpha value is -1.10. The Balaban J connectivity index is 4.16. The van der Waals surface area contributed by atoms with Gasteiger partial charge in [-0.15, -0.1) is 0 Å². The van der Waals surface area contributed by atoms with E-state index in [1.54, 1.807) is 0 Å². The fourth-order valence-electron chi connectivity index (χ4n) is 2.66. The van der Waals surface area contributed by atoms with Gasteiger partial charge in [-0.25, -0.2) is 0 Å². The van der Waals surface area contributed by atoms with Gasteiger partial charge in [0.15, 0.2) is 6.10 Å². The minimum absolute atomic E-state index is 0.243. The molecule has 0 rings (SSSR count). The van der Waals surface area contributed by atoms with E-state index in [2.05, 4.69) is 13.8 Å². The molecule has 2 atom stereocenters. The van der Waals surface area contributed by atoms with Crippen molar-refractivity contribution in [2.75, 3.05) is 27.7 Å². The van der Waals surface area contributed by atoms with E-state index in [1.807, 2.05) is 21.1 Å². The van der Waals surface area contributed by atoms with Crippen LogP contribution in [-0.2, 0) is 14.3 Å². The fourth-order valence-corrected chi connectivity index (χ4v) is 2.66. The van der Waals surface area contributed by atoms with Crippen LogP contribution in [0.15, 0.2) is 0 Å². The Labute approximate surface area is 141 Å². The Morgan fingerprint density at radius 1 is 1.04 bits per heavy atom. The van der Waals surface area contributed by atoms with Crippen molar-refractivity contribution in [2.45, 2.75) is 71.3 Å². The van der Waals surface area contributed by atoms with Crippen molar-refractivity contribution in [1.29, 1.82) is 0 Å². The highest BCUT2D eigenvalue weighted by Gasteiger charge is 2.23. The third-order valence-electron chi connectivity index (χ3n) is 3.76. The second-order valence-corrected chi connectivity index (χ2v) is 7.67. The number of carboxylic acid groups (broad SMARTS) is 1. The van der Waals surface area contributed by atoms with Crippen LogP contribution < -0.4 is 5.11 Å². The first kappa shape index (κ1) is 21.9. The summed E-state index contributed by atoms with van der Waals surface area (Å²) in [7, 11) is 5.82. The number of carbonyl (C=O) groups excluding carboxylic acids is 2. The number of aliphatic carboxylic acids is 1. The molecule has 0 saturated carbocycles. The maximum atomic E-state index is 12.0. The first-order valence-corrected chi connectivity index (χ1v) is 8.83. The van der Waals surface area contributed by atoms with Crippen LogP contribution in [-0.4, -0.2) is 50.2 Å². The average molecular weight is 329 g/mol. The van der Waals surface area contributed by atoms with Gasteiger partial charge in [-0.1, -0.05) is 52.4 Å². The summed E-state index contributed by atoms with van der Waals surface area (Å²) in [5.41, 5.74) is 0. The van der Waals surface area contributed by atoms with Gasteiger partial charge in [0.25, 0.3) is 0 Å². The highest BCUT2D eigenvalue weighted by molar-refractivity contribution is 5.71. The van der Waals surface area contributed by atoms with Crippen LogP contribution in [0.25, 0.3) is 0 Å². The molecule has 0 spiro atoms. The van der Waals surface area contributed by atoms with E-state index >= 15 is 0 Å².